The highest BCUT2D eigenvalue weighted by atomic mass is 35.5. The van der Waals surface area contributed by atoms with E-state index >= 15 is 0 Å². The van der Waals surface area contributed by atoms with Crippen LogP contribution in [0, 0.1) is 5.92 Å². The van der Waals surface area contributed by atoms with Gasteiger partial charge in [-0.2, -0.15) is 0 Å². The Morgan fingerprint density at radius 1 is 1.25 bits per heavy atom. The van der Waals surface area contributed by atoms with Crippen LogP contribution in [0.4, 0.5) is 5.69 Å². The van der Waals surface area contributed by atoms with Crippen LogP contribution < -0.4 is 5.73 Å². The fourth-order valence-electron chi connectivity index (χ4n) is 2.81. The summed E-state index contributed by atoms with van der Waals surface area (Å²) in [7, 11) is 0. The van der Waals surface area contributed by atoms with Gasteiger partial charge in [0.1, 0.15) is 0 Å². The van der Waals surface area contributed by atoms with Gasteiger partial charge in [-0.05, 0) is 47.4 Å². The summed E-state index contributed by atoms with van der Waals surface area (Å²) in [5.41, 5.74) is 7.22. The molecule has 1 saturated carbocycles. The van der Waals surface area contributed by atoms with E-state index in [9.17, 15) is 0 Å². The number of nitrogen functional groups attached to an aromatic ring is 1. The van der Waals surface area contributed by atoms with Crippen molar-refractivity contribution in [2.75, 3.05) is 5.73 Å². The Morgan fingerprint density at radius 2 is 2.05 bits per heavy atom. The van der Waals surface area contributed by atoms with E-state index in [0.717, 1.165) is 17.9 Å². The maximum Gasteiger partial charge on any atom is 0.182 e. The molecular weight excluding hydrogens is 274 g/mol. The van der Waals surface area contributed by atoms with Crippen molar-refractivity contribution in [3.05, 3.63) is 23.2 Å². The van der Waals surface area contributed by atoms with Gasteiger partial charge >= 0.3 is 0 Å². The predicted octanol–water partition coefficient (Wildman–Crippen LogP) is 3.16. The molecule has 0 saturated heterocycles. The zero-order valence-electron chi connectivity index (χ0n) is 11.3. The van der Waals surface area contributed by atoms with E-state index in [1.165, 1.54) is 32.1 Å². The maximum atomic E-state index is 6.07. The second-order valence-electron chi connectivity index (χ2n) is 5.42. The summed E-state index contributed by atoms with van der Waals surface area (Å²) < 4.78 is 1.89. The summed E-state index contributed by atoms with van der Waals surface area (Å²) in [5, 5.41) is 12.6. The Hall–Kier alpha value is -1.62. The number of tetrazole rings is 1. The van der Waals surface area contributed by atoms with Crippen molar-refractivity contribution in [1.29, 1.82) is 0 Å². The standard InChI is InChI=1S/C14H18ClN5/c15-12-8-11(6-7-13(12)16)14-17-18-19-20(14)9-10-4-2-1-3-5-10/h6-8,10H,1-5,9,16H2. The zero-order chi connectivity index (χ0) is 13.9. The van der Waals surface area contributed by atoms with Crippen molar-refractivity contribution in [1.82, 2.24) is 20.2 Å². The zero-order valence-corrected chi connectivity index (χ0v) is 12.1. The number of benzene rings is 1. The molecule has 1 aliphatic carbocycles. The van der Waals surface area contributed by atoms with E-state index in [-0.39, 0.29) is 0 Å². The average molecular weight is 292 g/mol. The van der Waals surface area contributed by atoms with E-state index in [2.05, 4.69) is 15.5 Å². The second-order valence-corrected chi connectivity index (χ2v) is 5.83. The van der Waals surface area contributed by atoms with Crippen molar-refractivity contribution >= 4 is 17.3 Å². The highest BCUT2D eigenvalue weighted by Gasteiger charge is 2.17. The molecule has 2 N–H and O–H groups in total. The van der Waals surface area contributed by atoms with Gasteiger partial charge in [0.05, 0.1) is 10.7 Å². The van der Waals surface area contributed by atoms with Gasteiger partial charge in [-0.1, -0.05) is 30.9 Å². The molecule has 106 valence electrons. The van der Waals surface area contributed by atoms with Crippen LogP contribution in [0.15, 0.2) is 18.2 Å². The van der Waals surface area contributed by atoms with Gasteiger partial charge in [0, 0.05) is 12.1 Å². The minimum atomic E-state index is 0.537. The van der Waals surface area contributed by atoms with Gasteiger partial charge in [0.15, 0.2) is 5.82 Å². The number of nitrogens with two attached hydrogens (primary N) is 1. The number of aromatic nitrogens is 4. The lowest BCUT2D eigenvalue weighted by atomic mass is 9.89. The summed E-state index contributed by atoms with van der Waals surface area (Å²) in [4.78, 5) is 0. The molecule has 1 aromatic heterocycles. The minimum Gasteiger partial charge on any atom is -0.398 e. The Morgan fingerprint density at radius 3 is 2.80 bits per heavy atom. The number of anilines is 1. The molecule has 5 nitrogen and oxygen atoms in total. The average Bonchev–Trinajstić information content (AvgIpc) is 2.91. The summed E-state index contributed by atoms with van der Waals surface area (Å²) in [6.07, 6.45) is 6.52. The first kappa shape index (κ1) is 13.4. The number of hydrogen-bond acceptors (Lipinski definition) is 4. The molecular formula is C14H18ClN5. The summed E-state index contributed by atoms with van der Waals surface area (Å²) in [6.45, 7) is 0.879. The van der Waals surface area contributed by atoms with Crippen LogP contribution in [0.2, 0.25) is 5.02 Å². The molecule has 1 aliphatic rings. The third kappa shape index (κ3) is 2.77. The lowest BCUT2D eigenvalue weighted by Crippen LogP contribution is -2.16. The molecule has 1 fully saturated rings. The van der Waals surface area contributed by atoms with E-state index in [1.54, 1.807) is 6.07 Å². The summed E-state index contributed by atoms with van der Waals surface area (Å²) >= 11 is 6.07. The lowest BCUT2D eigenvalue weighted by Gasteiger charge is -2.21. The number of halogens is 1. The van der Waals surface area contributed by atoms with Crippen LogP contribution in [0.3, 0.4) is 0 Å². The van der Waals surface area contributed by atoms with Crippen LogP contribution in [-0.4, -0.2) is 20.2 Å². The van der Waals surface area contributed by atoms with Crippen LogP contribution in [0.5, 0.6) is 0 Å². The lowest BCUT2D eigenvalue weighted by molar-refractivity contribution is 0.307. The molecule has 0 bridgehead atoms. The smallest absolute Gasteiger partial charge is 0.182 e. The van der Waals surface area contributed by atoms with Gasteiger partial charge in [0.2, 0.25) is 0 Å². The third-order valence-electron chi connectivity index (χ3n) is 3.95. The molecule has 0 radical (unpaired) electrons. The fourth-order valence-corrected chi connectivity index (χ4v) is 3.00. The minimum absolute atomic E-state index is 0.537. The Balaban J connectivity index is 1.83. The molecule has 0 spiro atoms. The highest BCUT2D eigenvalue weighted by molar-refractivity contribution is 6.33. The Kier molecular flexibility index (Phi) is 3.87. The van der Waals surface area contributed by atoms with Gasteiger partial charge in [-0.15, -0.1) is 5.10 Å². The third-order valence-corrected chi connectivity index (χ3v) is 4.27. The van der Waals surface area contributed by atoms with Crippen molar-refractivity contribution in [2.24, 2.45) is 5.92 Å². The van der Waals surface area contributed by atoms with Gasteiger partial charge < -0.3 is 5.73 Å². The Bertz CT molecular complexity index is 589. The van der Waals surface area contributed by atoms with Crippen molar-refractivity contribution in [3.8, 4) is 11.4 Å². The quantitative estimate of drug-likeness (QED) is 0.882. The number of nitrogens with zero attached hydrogens (tertiary/aromatic N) is 4. The molecule has 0 amide bonds. The van der Waals surface area contributed by atoms with Gasteiger partial charge in [0.25, 0.3) is 0 Å². The topological polar surface area (TPSA) is 69.6 Å². The summed E-state index contributed by atoms with van der Waals surface area (Å²) in [5.74, 6) is 1.44. The normalized spacial score (nSPS) is 16.4. The van der Waals surface area contributed by atoms with Crippen LogP contribution in [-0.2, 0) is 6.54 Å². The van der Waals surface area contributed by atoms with Gasteiger partial charge in [-0.3, -0.25) is 0 Å². The molecule has 1 aromatic carbocycles. The molecule has 0 unspecified atom stereocenters. The molecule has 20 heavy (non-hydrogen) atoms. The van der Waals surface area contributed by atoms with Gasteiger partial charge in [-0.25, -0.2) is 4.68 Å². The first-order valence-corrected chi connectivity index (χ1v) is 7.43. The largest absolute Gasteiger partial charge is 0.398 e. The summed E-state index contributed by atoms with van der Waals surface area (Å²) in [6, 6.07) is 5.52. The molecule has 0 atom stereocenters. The van der Waals surface area contributed by atoms with Crippen LogP contribution in [0.25, 0.3) is 11.4 Å². The first-order chi connectivity index (χ1) is 9.74. The van der Waals surface area contributed by atoms with Crippen molar-refractivity contribution in [2.45, 2.75) is 38.6 Å². The highest BCUT2D eigenvalue weighted by Crippen LogP contribution is 2.28. The van der Waals surface area contributed by atoms with E-state index in [0.29, 0.717) is 16.6 Å². The van der Waals surface area contributed by atoms with Crippen LogP contribution in [0.1, 0.15) is 32.1 Å². The van der Waals surface area contributed by atoms with E-state index in [4.69, 9.17) is 17.3 Å². The fraction of sp³-hybridized carbons (Fsp3) is 0.500. The second kappa shape index (κ2) is 5.79. The van der Waals surface area contributed by atoms with Crippen molar-refractivity contribution in [3.63, 3.8) is 0 Å². The molecule has 1 heterocycles. The molecule has 0 aliphatic heterocycles. The Labute approximate surface area is 123 Å². The van der Waals surface area contributed by atoms with Crippen molar-refractivity contribution < 1.29 is 0 Å². The first-order valence-electron chi connectivity index (χ1n) is 7.05. The number of hydrogen-bond donors (Lipinski definition) is 1. The number of rotatable bonds is 3. The molecule has 2 aromatic rings. The molecule has 3 rings (SSSR count). The monoisotopic (exact) mass is 291 g/mol. The maximum absolute atomic E-state index is 6.07. The predicted molar refractivity (Wildman–Crippen MR) is 79.3 cm³/mol. The van der Waals surface area contributed by atoms with E-state index < -0.39 is 0 Å². The molecule has 6 heteroatoms. The van der Waals surface area contributed by atoms with E-state index in [1.807, 2.05) is 16.8 Å². The van der Waals surface area contributed by atoms with Crippen LogP contribution >= 0.6 is 11.6 Å². The SMILES string of the molecule is Nc1ccc(-c2nnnn2CC2CCCCC2)cc1Cl.